The normalized spacial score (nSPS) is 18.3. The Morgan fingerprint density at radius 3 is 2.62 bits per heavy atom. The van der Waals surface area contributed by atoms with Crippen LogP contribution in [0.25, 0.3) is 0 Å². The molecule has 1 heterocycles. The number of hydrogen-bond donors (Lipinski definition) is 1. The van der Waals surface area contributed by atoms with E-state index in [1.54, 1.807) is 11.8 Å². The molecule has 4 heteroatoms. The highest BCUT2D eigenvalue weighted by molar-refractivity contribution is 8.03. The molecular formula is C17H20N2OS. The van der Waals surface area contributed by atoms with Gasteiger partial charge in [-0.05, 0) is 29.7 Å². The van der Waals surface area contributed by atoms with Crippen LogP contribution < -0.4 is 5.32 Å². The van der Waals surface area contributed by atoms with Crippen LogP contribution in [0.2, 0.25) is 0 Å². The minimum Gasteiger partial charge on any atom is -0.320 e. The maximum Gasteiger partial charge on any atom is 0.225 e. The molecule has 1 aliphatic rings. The molecule has 0 bridgehead atoms. The van der Waals surface area contributed by atoms with Gasteiger partial charge in [-0.25, -0.2) is 0 Å². The number of benzene rings is 1. The molecule has 2 rings (SSSR count). The molecule has 1 aromatic carbocycles. The molecule has 0 aliphatic carbocycles. The monoisotopic (exact) mass is 300 g/mol. The zero-order valence-corrected chi connectivity index (χ0v) is 13.3. The van der Waals surface area contributed by atoms with E-state index in [-0.39, 0.29) is 11.8 Å². The van der Waals surface area contributed by atoms with Crippen molar-refractivity contribution in [2.75, 3.05) is 5.75 Å². The smallest absolute Gasteiger partial charge is 0.225 e. The van der Waals surface area contributed by atoms with Gasteiger partial charge in [0.05, 0.1) is 16.7 Å². The van der Waals surface area contributed by atoms with E-state index in [4.69, 9.17) is 0 Å². The van der Waals surface area contributed by atoms with Crippen LogP contribution in [0.3, 0.4) is 0 Å². The van der Waals surface area contributed by atoms with Crippen molar-refractivity contribution in [1.29, 1.82) is 5.26 Å². The Hall–Kier alpha value is -1.73. The van der Waals surface area contributed by atoms with E-state index in [9.17, 15) is 10.1 Å². The number of nitriles is 1. The first kappa shape index (κ1) is 15.7. The highest BCUT2D eigenvalue weighted by Gasteiger charge is 2.29. The first-order valence-corrected chi connectivity index (χ1v) is 8.33. The lowest BCUT2D eigenvalue weighted by Gasteiger charge is -2.25. The summed E-state index contributed by atoms with van der Waals surface area (Å²) in [6, 6.07) is 10.5. The van der Waals surface area contributed by atoms with Crippen molar-refractivity contribution in [3.63, 3.8) is 0 Å². The van der Waals surface area contributed by atoms with Gasteiger partial charge >= 0.3 is 0 Å². The quantitative estimate of drug-likeness (QED) is 0.901. The van der Waals surface area contributed by atoms with Gasteiger partial charge in [-0.15, -0.1) is 11.8 Å². The van der Waals surface area contributed by atoms with Gasteiger partial charge in [-0.1, -0.05) is 38.1 Å². The lowest BCUT2D eigenvalue weighted by molar-refractivity contribution is -0.120. The van der Waals surface area contributed by atoms with E-state index in [0.29, 0.717) is 12.0 Å². The van der Waals surface area contributed by atoms with Crippen molar-refractivity contribution >= 4 is 17.7 Å². The number of thioether (sulfide) groups is 1. The first-order chi connectivity index (χ1) is 10.2. The average Bonchev–Trinajstić information content (AvgIpc) is 2.52. The van der Waals surface area contributed by atoms with E-state index in [1.807, 2.05) is 12.1 Å². The molecule has 1 aliphatic heterocycles. The number of aryl methyl sites for hydroxylation is 1. The third kappa shape index (κ3) is 3.68. The number of rotatable bonds is 5. The molecule has 0 saturated carbocycles. The SMILES string of the molecule is CCCSC1=C(C#N)[C@@H](c2ccc(CC)cc2)CC(=O)N1. The molecule has 110 valence electrons. The predicted octanol–water partition coefficient (Wildman–Crippen LogP) is 3.73. The van der Waals surface area contributed by atoms with Gasteiger partial charge in [0, 0.05) is 12.3 Å². The van der Waals surface area contributed by atoms with Crippen molar-refractivity contribution in [3.8, 4) is 6.07 Å². The van der Waals surface area contributed by atoms with Gasteiger partial charge < -0.3 is 5.32 Å². The Bertz CT molecular complexity index is 584. The molecule has 0 fully saturated rings. The Morgan fingerprint density at radius 2 is 2.05 bits per heavy atom. The van der Waals surface area contributed by atoms with Crippen LogP contribution in [0.1, 0.15) is 43.7 Å². The molecule has 1 atom stereocenters. The van der Waals surface area contributed by atoms with Gasteiger partial charge in [-0.2, -0.15) is 5.26 Å². The third-order valence-electron chi connectivity index (χ3n) is 3.60. The highest BCUT2D eigenvalue weighted by Crippen LogP contribution is 2.36. The van der Waals surface area contributed by atoms with Crippen LogP contribution >= 0.6 is 11.8 Å². The predicted molar refractivity (Wildman–Crippen MR) is 86.7 cm³/mol. The summed E-state index contributed by atoms with van der Waals surface area (Å²) in [6.07, 6.45) is 2.35. The molecule has 1 N–H and O–H groups in total. The van der Waals surface area contributed by atoms with E-state index in [2.05, 4.69) is 37.4 Å². The van der Waals surface area contributed by atoms with Crippen LogP contribution in [0.5, 0.6) is 0 Å². The zero-order chi connectivity index (χ0) is 15.2. The lowest BCUT2D eigenvalue weighted by atomic mass is 9.86. The standard InChI is InChI=1S/C17H20N2OS/c1-3-9-21-17-15(11-18)14(10-16(20)19-17)13-7-5-12(4-2)6-8-13/h5-8,14H,3-4,9-10H2,1-2H3,(H,19,20)/t14-/m1/s1. The van der Waals surface area contributed by atoms with Crippen molar-refractivity contribution in [2.45, 2.75) is 39.0 Å². The van der Waals surface area contributed by atoms with E-state index in [0.717, 1.165) is 29.2 Å². The van der Waals surface area contributed by atoms with E-state index in [1.165, 1.54) is 5.56 Å². The summed E-state index contributed by atoms with van der Waals surface area (Å²) in [6.45, 7) is 4.20. The molecule has 0 spiro atoms. The summed E-state index contributed by atoms with van der Waals surface area (Å²) in [5.74, 6) is 0.786. The summed E-state index contributed by atoms with van der Waals surface area (Å²) in [5.41, 5.74) is 3.01. The van der Waals surface area contributed by atoms with Crippen molar-refractivity contribution < 1.29 is 4.79 Å². The van der Waals surface area contributed by atoms with Crippen molar-refractivity contribution in [1.82, 2.24) is 5.32 Å². The fourth-order valence-corrected chi connectivity index (χ4v) is 3.35. The zero-order valence-electron chi connectivity index (χ0n) is 12.5. The number of allylic oxidation sites excluding steroid dienone is 1. The van der Waals surface area contributed by atoms with Gasteiger partial charge in [0.2, 0.25) is 5.91 Å². The summed E-state index contributed by atoms with van der Waals surface area (Å²) in [5, 5.41) is 13.1. The fraction of sp³-hybridized carbons (Fsp3) is 0.412. The fourth-order valence-electron chi connectivity index (χ4n) is 2.41. The van der Waals surface area contributed by atoms with Crippen LogP contribution in [-0.4, -0.2) is 11.7 Å². The van der Waals surface area contributed by atoms with Crippen LogP contribution in [0.4, 0.5) is 0 Å². The second-order valence-corrected chi connectivity index (χ2v) is 6.21. The molecule has 21 heavy (non-hydrogen) atoms. The minimum atomic E-state index is -0.117. The Morgan fingerprint density at radius 1 is 1.33 bits per heavy atom. The number of carbonyl (C=O) groups excluding carboxylic acids is 1. The summed E-state index contributed by atoms with van der Waals surface area (Å²) in [4.78, 5) is 11.9. The van der Waals surface area contributed by atoms with Gasteiger partial charge in [0.15, 0.2) is 0 Å². The number of carbonyl (C=O) groups is 1. The summed E-state index contributed by atoms with van der Waals surface area (Å²) in [7, 11) is 0. The molecule has 0 aromatic heterocycles. The average molecular weight is 300 g/mol. The second kappa shape index (κ2) is 7.33. The molecule has 3 nitrogen and oxygen atoms in total. The number of amides is 1. The van der Waals surface area contributed by atoms with Gasteiger partial charge in [0.1, 0.15) is 0 Å². The molecule has 0 unspecified atom stereocenters. The van der Waals surface area contributed by atoms with Crippen molar-refractivity contribution in [2.24, 2.45) is 0 Å². The van der Waals surface area contributed by atoms with E-state index >= 15 is 0 Å². The van der Waals surface area contributed by atoms with Crippen LogP contribution in [0, 0.1) is 11.3 Å². The Kier molecular flexibility index (Phi) is 5.46. The Labute approximate surface area is 130 Å². The van der Waals surface area contributed by atoms with Gasteiger partial charge in [0.25, 0.3) is 0 Å². The van der Waals surface area contributed by atoms with Gasteiger partial charge in [-0.3, -0.25) is 4.79 Å². The maximum atomic E-state index is 11.9. The molecule has 0 saturated heterocycles. The second-order valence-electron chi connectivity index (χ2n) is 5.10. The number of nitrogens with one attached hydrogen (secondary N) is 1. The molecule has 1 amide bonds. The first-order valence-electron chi connectivity index (χ1n) is 7.35. The summed E-state index contributed by atoms with van der Waals surface area (Å²) < 4.78 is 0. The summed E-state index contributed by atoms with van der Waals surface area (Å²) >= 11 is 1.57. The topological polar surface area (TPSA) is 52.9 Å². The largest absolute Gasteiger partial charge is 0.320 e. The van der Waals surface area contributed by atoms with Crippen LogP contribution in [0.15, 0.2) is 34.9 Å². The highest BCUT2D eigenvalue weighted by atomic mass is 32.2. The maximum absolute atomic E-state index is 11.9. The molecular weight excluding hydrogens is 280 g/mol. The van der Waals surface area contributed by atoms with Crippen molar-refractivity contribution in [3.05, 3.63) is 46.0 Å². The van der Waals surface area contributed by atoms with Crippen LogP contribution in [-0.2, 0) is 11.2 Å². The lowest BCUT2D eigenvalue weighted by Crippen LogP contribution is -2.30. The molecule has 0 radical (unpaired) electrons. The van der Waals surface area contributed by atoms with E-state index < -0.39 is 0 Å². The Balaban J connectivity index is 2.34. The minimum absolute atomic E-state index is 0.00262. The number of hydrogen-bond acceptors (Lipinski definition) is 3. The molecule has 1 aromatic rings. The third-order valence-corrected chi connectivity index (χ3v) is 4.82. The number of nitrogens with zero attached hydrogens (tertiary/aromatic N) is 1.